The number of anilines is 1. The summed E-state index contributed by atoms with van der Waals surface area (Å²) < 4.78 is 55.6. The summed E-state index contributed by atoms with van der Waals surface area (Å²) in [4.78, 5) is 27.2. The van der Waals surface area contributed by atoms with Gasteiger partial charge in [-0.05, 0) is 29.8 Å². The first kappa shape index (κ1) is 23.0. The summed E-state index contributed by atoms with van der Waals surface area (Å²) in [6.07, 6.45) is -1.97. The fraction of sp³-hybridized carbons (Fsp3) is 0.217. The van der Waals surface area contributed by atoms with Gasteiger partial charge in [-0.15, -0.1) is 0 Å². The van der Waals surface area contributed by atoms with Crippen LogP contribution in [0.15, 0.2) is 54.9 Å². The number of aryl methyl sites for hydroxylation is 1. The summed E-state index contributed by atoms with van der Waals surface area (Å²) in [5.41, 5.74) is 0.250. The average Bonchev–Trinajstić information content (AvgIpc) is 3.21. The molecule has 3 aromatic rings. The number of hydrogen-bond acceptors (Lipinski definition) is 4. The van der Waals surface area contributed by atoms with Gasteiger partial charge >= 0.3 is 6.18 Å². The minimum absolute atomic E-state index is 0.0242. The van der Waals surface area contributed by atoms with E-state index in [4.69, 9.17) is 5.26 Å². The van der Waals surface area contributed by atoms with Crippen LogP contribution >= 0.6 is 0 Å². The Labute approximate surface area is 191 Å². The van der Waals surface area contributed by atoms with Gasteiger partial charge in [0.1, 0.15) is 18.4 Å². The fourth-order valence-electron chi connectivity index (χ4n) is 4.12. The van der Waals surface area contributed by atoms with E-state index in [0.29, 0.717) is 4.90 Å². The highest BCUT2D eigenvalue weighted by Gasteiger charge is 2.48. The van der Waals surface area contributed by atoms with Crippen molar-refractivity contribution in [3.8, 4) is 6.07 Å². The standard InChI is InChI=1S/C23H17F4N5O2/c1-31-11-14(10-29-31)20-19(21(33)30-15-6-7-18(24)13(8-15)9-28)16-4-2-3-5-17(16)22(34)32(20)12-23(25,26)27/h2-8,10-11,19-20H,12H2,1H3,(H,30,33). The van der Waals surface area contributed by atoms with Gasteiger partial charge in [0, 0.05) is 30.1 Å². The van der Waals surface area contributed by atoms with Gasteiger partial charge in [0.05, 0.1) is 23.7 Å². The molecule has 2 heterocycles. The summed E-state index contributed by atoms with van der Waals surface area (Å²) in [6, 6.07) is 9.68. The number of aromatic nitrogens is 2. The lowest BCUT2D eigenvalue weighted by atomic mass is 9.79. The summed E-state index contributed by atoms with van der Waals surface area (Å²) >= 11 is 0. The van der Waals surface area contributed by atoms with Crippen molar-refractivity contribution in [2.24, 2.45) is 7.05 Å². The molecule has 2 atom stereocenters. The monoisotopic (exact) mass is 471 g/mol. The van der Waals surface area contributed by atoms with Gasteiger partial charge in [-0.2, -0.15) is 23.5 Å². The molecule has 2 amide bonds. The van der Waals surface area contributed by atoms with Crippen LogP contribution in [0.4, 0.5) is 23.2 Å². The molecule has 0 radical (unpaired) electrons. The minimum Gasteiger partial charge on any atom is -0.325 e. The van der Waals surface area contributed by atoms with Crippen molar-refractivity contribution < 1.29 is 27.2 Å². The van der Waals surface area contributed by atoms with Crippen molar-refractivity contribution in [3.63, 3.8) is 0 Å². The van der Waals surface area contributed by atoms with Crippen LogP contribution in [0.3, 0.4) is 0 Å². The third-order valence-electron chi connectivity index (χ3n) is 5.49. The third kappa shape index (κ3) is 4.34. The number of nitrogens with zero attached hydrogens (tertiary/aromatic N) is 4. The van der Waals surface area contributed by atoms with Crippen molar-refractivity contribution in [2.45, 2.75) is 18.1 Å². The maximum Gasteiger partial charge on any atom is 0.406 e. The van der Waals surface area contributed by atoms with Crippen LogP contribution < -0.4 is 5.32 Å². The van der Waals surface area contributed by atoms with Gasteiger partial charge in [-0.1, -0.05) is 18.2 Å². The third-order valence-corrected chi connectivity index (χ3v) is 5.49. The fourth-order valence-corrected chi connectivity index (χ4v) is 4.12. The SMILES string of the molecule is Cn1cc(C2C(C(=O)Nc3ccc(F)c(C#N)c3)c3ccccc3C(=O)N2CC(F)(F)F)cn1. The molecule has 0 spiro atoms. The first-order valence-corrected chi connectivity index (χ1v) is 10.0. The lowest BCUT2D eigenvalue weighted by molar-refractivity contribution is -0.148. The van der Waals surface area contributed by atoms with Crippen molar-refractivity contribution in [2.75, 3.05) is 11.9 Å². The predicted octanol–water partition coefficient (Wildman–Crippen LogP) is 3.91. The summed E-state index contributed by atoms with van der Waals surface area (Å²) in [5.74, 6) is -3.61. The molecule has 1 N–H and O–H groups in total. The van der Waals surface area contributed by atoms with Crippen LogP contribution in [-0.4, -0.2) is 39.2 Å². The highest BCUT2D eigenvalue weighted by atomic mass is 19.4. The van der Waals surface area contributed by atoms with Gasteiger partial charge in [-0.3, -0.25) is 14.3 Å². The Morgan fingerprint density at radius 1 is 1.24 bits per heavy atom. The largest absolute Gasteiger partial charge is 0.406 e. The molecule has 1 aliphatic heterocycles. The van der Waals surface area contributed by atoms with E-state index in [1.807, 2.05) is 0 Å². The van der Waals surface area contributed by atoms with E-state index in [0.717, 1.165) is 12.1 Å². The molecule has 2 aromatic carbocycles. The number of fused-ring (bicyclic) bond motifs is 1. The summed E-state index contributed by atoms with van der Waals surface area (Å²) in [6.45, 7) is -1.57. The highest BCUT2D eigenvalue weighted by molar-refractivity contribution is 6.04. The van der Waals surface area contributed by atoms with Crippen LogP contribution in [-0.2, 0) is 11.8 Å². The van der Waals surface area contributed by atoms with E-state index in [-0.39, 0.29) is 27.9 Å². The van der Waals surface area contributed by atoms with Crippen LogP contribution in [0.1, 0.15) is 39.0 Å². The van der Waals surface area contributed by atoms with Crippen molar-refractivity contribution in [1.29, 1.82) is 5.26 Å². The first-order valence-electron chi connectivity index (χ1n) is 10.0. The Morgan fingerprint density at radius 3 is 2.62 bits per heavy atom. The molecule has 174 valence electrons. The number of rotatable bonds is 4. The summed E-state index contributed by atoms with van der Waals surface area (Å²) in [7, 11) is 1.56. The Balaban J connectivity index is 1.84. The van der Waals surface area contributed by atoms with Crippen LogP contribution in [0, 0.1) is 17.1 Å². The van der Waals surface area contributed by atoms with Gasteiger partial charge in [0.2, 0.25) is 5.91 Å². The van der Waals surface area contributed by atoms with E-state index in [2.05, 4.69) is 10.4 Å². The van der Waals surface area contributed by atoms with Crippen molar-refractivity contribution in [3.05, 3.63) is 82.9 Å². The number of carbonyl (C=O) groups is 2. The number of alkyl halides is 3. The molecule has 2 unspecified atom stereocenters. The Hall–Kier alpha value is -4.20. The maximum absolute atomic E-state index is 13.7. The van der Waals surface area contributed by atoms with E-state index in [1.165, 1.54) is 41.3 Å². The van der Waals surface area contributed by atoms with E-state index in [9.17, 15) is 27.2 Å². The molecule has 0 bridgehead atoms. The van der Waals surface area contributed by atoms with E-state index >= 15 is 0 Å². The highest BCUT2D eigenvalue weighted by Crippen LogP contribution is 2.44. The number of amides is 2. The second-order valence-corrected chi connectivity index (χ2v) is 7.80. The molecule has 1 aromatic heterocycles. The molecular weight excluding hydrogens is 454 g/mol. The molecule has 7 nitrogen and oxygen atoms in total. The zero-order chi connectivity index (χ0) is 24.6. The quantitative estimate of drug-likeness (QED) is 0.584. The van der Waals surface area contributed by atoms with Gasteiger partial charge in [-0.25, -0.2) is 4.39 Å². The van der Waals surface area contributed by atoms with E-state index in [1.54, 1.807) is 19.2 Å². The van der Waals surface area contributed by atoms with Crippen molar-refractivity contribution >= 4 is 17.5 Å². The average molecular weight is 471 g/mol. The van der Waals surface area contributed by atoms with Crippen molar-refractivity contribution in [1.82, 2.24) is 14.7 Å². The van der Waals surface area contributed by atoms with Crippen LogP contribution in [0.25, 0.3) is 0 Å². The van der Waals surface area contributed by atoms with Gasteiger partial charge < -0.3 is 10.2 Å². The molecule has 0 fully saturated rings. The minimum atomic E-state index is -4.72. The molecule has 4 rings (SSSR count). The van der Waals surface area contributed by atoms with Crippen LogP contribution in [0.2, 0.25) is 0 Å². The molecule has 0 saturated carbocycles. The zero-order valence-electron chi connectivity index (χ0n) is 17.7. The van der Waals surface area contributed by atoms with Gasteiger partial charge in [0.25, 0.3) is 5.91 Å². The molecule has 34 heavy (non-hydrogen) atoms. The molecule has 0 saturated heterocycles. The van der Waals surface area contributed by atoms with Gasteiger partial charge in [0.15, 0.2) is 0 Å². The zero-order valence-corrected chi connectivity index (χ0v) is 17.7. The number of benzene rings is 2. The molecular formula is C23H17F4N5O2. The Morgan fingerprint density at radius 2 is 1.97 bits per heavy atom. The number of carbonyl (C=O) groups excluding carboxylic acids is 2. The number of hydrogen-bond donors (Lipinski definition) is 1. The predicted molar refractivity (Wildman–Crippen MR) is 112 cm³/mol. The summed E-state index contributed by atoms with van der Waals surface area (Å²) in [5, 5.41) is 15.6. The number of nitriles is 1. The lowest BCUT2D eigenvalue weighted by Crippen LogP contribution is -2.49. The molecule has 11 heteroatoms. The van der Waals surface area contributed by atoms with Crippen LogP contribution in [0.5, 0.6) is 0 Å². The number of nitrogens with one attached hydrogen (secondary N) is 1. The maximum atomic E-state index is 13.7. The number of halogens is 4. The second kappa shape index (κ2) is 8.62. The Bertz CT molecular complexity index is 1310. The lowest BCUT2D eigenvalue weighted by Gasteiger charge is -2.41. The topological polar surface area (TPSA) is 91.0 Å². The first-order chi connectivity index (χ1) is 16.1. The smallest absolute Gasteiger partial charge is 0.325 e. The Kier molecular flexibility index (Phi) is 5.83. The second-order valence-electron chi connectivity index (χ2n) is 7.80. The normalized spacial score (nSPS) is 17.8. The van der Waals surface area contributed by atoms with E-state index < -0.39 is 42.3 Å². The molecule has 0 aliphatic carbocycles. The molecule has 1 aliphatic rings.